The molecule has 82 valence electrons. The summed E-state index contributed by atoms with van der Waals surface area (Å²) in [6, 6.07) is 1.25. The van der Waals surface area contributed by atoms with E-state index in [1.807, 2.05) is 6.08 Å². The highest BCUT2D eigenvalue weighted by molar-refractivity contribution is 6.73. The van der Waals surface area contributed by atoms with Crippen molar-refractivity contribution in [2.75, 3.05) is 13.2 Å². The van der Waals surface area contributed by atoms with E-state index in [-0.39, 0.29) is 0 Å². The minimum atomic E-state index is -1.57. The molecule has 0 saturated carbocycles. The van der Waals surface area contributed by atoms with E-state index in [0.717, 1.165) is 13.0 Å². The molecule has 0 aromatic rings. The topological polar surface area (TPSA) is 18.5 Å². The summed E-state index contributed by atoms with van der Waals surface area (Å²) in [6.45, 7) is 9.78. The molecule has 0 N–H and O–H groups in total. The highest BCUT2D eigenvalue weighted by Gasteiger charge is 2.39. The Bertz CT molecular complexity index is 176. The minimum absolute atomic E-state index is 0.348. The van der Waals surface area contributed by atoms with Crippen molar-refractivity contribution in [3.63, 3.8) is 0 Å². The molecule has 2 atom stereocenters. The van der Waals surface area contributed by atoms with Crippen molar-refractivity contribution < 1.29 is 9.16 Å². The van der Waals surface area contributed by atoms with Gasteiger partial charge in [-0.15, -0.1) is 6.58 Å². The third-order valence-corrected chi connectivity index (χ3v) is 7.11. The van der Waals surface area contributed by atoms with Crippen LogP contribution in [0.25, 0.3) is 0 Å². The zero-order valence-electron chi connectivity index (χ0n) is 9.42. The van der Waals surface area contributed by atoms with Crippen LogP contribution in [0.2, 0.25) is 12.6 Å². The molecule has 1 rings (SSSR count). The Labute approximate surface area is 88.4 Å². The van der Waals surface area contributed by atoms with E-state index in [2.05, 4.69) is 20.0 Å². The number of ether oxygens (including phenoxy) is 1. The summed E-state index contributed by atoms with van der Waals surface area (Å²) in [4.78, 5) is 0. The molecule has 1 fully saturated rings. The largest absolute Gasteiger partial charge is 0.414 e. The second-order valence-corrected chi connectivity index (χ2v) is 8.20. The Morgan fingerprint density at radius 1 is 1.57 bits per heavy atom. The van der Waals surface area contributed by atoms with Crippen LogP contribution in [-0.4, -0.2) is 27.3 Å². The van der Waals surface area contributed by atoms with Crippen LogP contribution in [0.3, 0.4) is 0 Å². The Kier molecular flexibility index (Phi) is 4.85. The van der Waals surface area contributed by atoms with Gasteiger partial charge in [-0.05, 0) is 25.4 Å². The maximum Gasteiger partial charge on any atom is 0.217 e. The zero-order chi connectivity index (χ0) is 10.4. The normalized spacial score (nSPS) is 29.9. The Balaban J connectivity index is 2.50. The van der Waals surface area contributed by atoms with Crippen molar-refractivity contribution in [2.45, 2.75) is 44.5 Å². The molecule has 2 unspecified atom stereocenters. The monoisotopic (exact) mass is 214 g/mol. The standard InChI is InChI=1S/C11H22O2Si/c1-4-8-12-11(5-2)14(3)10-7-6-9-13-14/h4,11H,1,5-10H2,2-3H3. The number of hydrogen-bond acceptors (Lipinski definition) is 2. The van der Waals surface area contributed by atoms with Gasteiger partial charge in [0, 0.05) is 6.61 Å². The van der Waals surface area contributed by atoms with Crippen molar-refractivity contribution in [1.82, 2.24) is 0 Å². The first-order valence-corrected chi connectivity index (χ1v) is 8.28. The summed E-state index contributed by atoms with van der Waals surface area (Å²) in [5, 5.41) is 0. The van der Waals surface area contributed by atoms with E-state index in [1.54, 1.807) is 0 Å². The third kappa shape index (κ3) is 2.94. The highest BCUT2D eigenvalue weighted by atomic mass is 28.4. The first-order valence-electron chi connectivity index (χ1n) is 5.59. The molecule has 0 spiro atoms. The molecular formula is C11H22O2Si. The van der Waals surface area contributed by atoms with E-state index >= 15 is 0 Å². The molecular weight excluding hydrogens is 192 g/mol. The zero-order valence-corrected chi connectivity index (χ0v) is 10.4. The molecule has 0 aliphatic carbocycles. The molecule has 1 saturated heterocycles. The molecule has 1 aliphatic rings. The lowest BCUT2D eigenvalue weighted by atomic mass is 10.4. The maximum absolute atomic E-state index is 6.00. The fraction of sp³-hybridized carbons (Fsp3) is 0.818. The first kappa shape index (κ1) is 11.9. The average Bonchev–Trinajstić information content (AvgIpc) is 2.20. The van der Waals surface area contributed by atoms with Gasteiger partial charge >= 0.3 is 0 Å². The van der Waals surface area contributed by atoms with Gasteiger partial charge in [-0.1, -0.05) is 19.4 Å². The van der Waals surface area contributed by atoms with E-state index in [1.165, 1.54) is 18.9 Å². The van der Waals surface area contributed by atoms with Crippen molar-refractivity contribution >= 4 is 8.32 Å². The minimum Gasteiger partial charge on any atom is -0.414 e. The van der Waals surface area contributed by atoms with Gasteiger partial charge in [-0.2, -0.15) is 0 Å². The number of rotatable bonds is 5. The summed E-state index contributed by atoms with van der Waals surface area (Å²) in [5.41, 5.74) is 0.348. The lowest BCUT2D eigenvalue weighted by Crippen LogP contribution is -2.50. The van der Waals surface area contributed by atoms with Crippen LogP contribution >= 0.6 is 0 Å². The van der Waals surface area contributed by atoms with Gasteiger partial charge in [-0.3, -0.25) is 0 Å². The number of hydrogen-bond donors (Lipinski definition) is 0. The van der Waals surface area contributed by atoms with Crippen LogP contribution in [0, 0.1) is 0 Å². The van der Waals surface area contributed by atoms with Crippen molar-refractivity contribution in [3.05, 3.63) is 12.7 Å². The van der Waals surface area contributed by atoms with Crippen molar-refractivity contribution in [1.29, 1.82) is 0 Å². The molecule has 0 aromatic heterocycles. The van der Waals surface area contributed by atoms with Gasteiger partial charge in [-0.25, -0.2) is 0 Å². The second kappa shape index (κ2) is 5.68. The van der Waals surface area contributed by atoms with E-state index < -0.39 is 8.32 Å². The van der Waals surface area contributed by atoms with Crippen molar-refractivity contribution in [2.24, 2.45) is 0 Å². The van der Waals surface area contributed by atoms with Crippen LogP contribution in [0.5, 0.6) is 0 Å². The predicted octanol–water partition coefficient (Wildman–Crippen LogP) is 2.89. The van der Waals surface area contributed by atoms with Crippen LogP contribution in [0.15, 0.2) is 12.7 Å². The molecule has 0 amide bonds. The molecule has 3 heteroatoms. The molecule has 2 nitrogen and oxygen atoms in total. The second-order valence-electron chi connectivity index (χ2n) is 4.14. The summed E-state index contributed by atoms with van der Waals surface area (Å²) in [7, 11) is -1.57. The van der Waals surface area contributed by atoms with Gasteiger partial charge in [0.1, 0.15) is 0 Å². The SMILES string of the molecule is C=CCOC(CC)[Si]1(C)CCCCO1. The fourth-order valence-electron chi connectivity index (χ4n) is 2.12. The van der Waals surface area contributed by atoms with Gasteiger partial charge in [0.2, 0.25) is 8.32 Å². The lowest BCUT2D eigenvalue weighted by molar-refractivity contribution is 0.0945. The fourth-order valence-corrected chi connectivity index (χ4v) is 5.65. The molecule has 14 heavy (non-hydrogen) atoms. The van der Waals surface area contributed by atoms with Crippen LogP contribution in [0.1, 0.15) is 26.2 Å². The Hall–Kier alpha value is -0.123. The molecule has 1 aliphatic heterocycles. The predicted molar refractivity (Wildman–Crippen MR) is 61.8 cm³/mol. The Morgan fingerprint density at radius 2 is 2.36 bits per heavy atom. The summed E-state index contributed by atoms with van der Waals surface area (Å²) in [5.74, 6) is 0. The molecule has 0 radical (unpaired) electrons. The van der Waals surface area contributed by atoms with Crippen LogP contribution < -0.4 is 0 Å². The quantitative estimate of drug-likeness (QED) is 0.517. The average molecular weight is 214 g/mol. The summed E-state index contributed by atoms with van der Waals surface area (Å²) < 4.78 is 11.8. The Morgan fingerprint density at radius 3 is 2.86 bits per heavy atom. The summed E-state index contributed by atoms with van der Waals surface area (Å²) >= 11 is 0. The van der Waals surface area contributed by atoms with Gasteiger partial charge in [0.15, 0.2) is 0 Å². The van der Waals surface area contributed by atoms with Gasteiger partial charge in [0.25, 0.3) is 0 Å². The lowest BCUT2D eigenvalue weighted by Gasteiger charge is -2.37. The van der Waals surface area contributed by atoms with Crippen LogP contribution in [-0.2, 0) is 9.16 Å². The van der Waals surface area contributed by atoms with Gasteiger partial charge in [0.05, 0.1) is 12.3 Å². The van der Waals surface area contributed by atoms with Crippen LogP contribution in [0.4, 0.5) is 0 Å². The van der Waals surface area contributed by atoms with E-state index in [0.29, 0.717) is 12.3 Å². The van der Waals surface area contributed by atoms with E-state index in [4.69, 9.17) is 9.16 Å². The van der Waals surface area contributed by atoms with Gasteiger partial charge < -0.3 is 9.16 Å². The third-order valence-electron chi connectivity index (χ3n) is 2.97. The summed E-state index contributed by atoms with van der Waals surface area (Å²) in [6.07, 6.45) is 5.43. The van der Waals surface area contributed by atoms with E-state index in [9.17, 15) is 0 Å². The highest BCUT2D eigenvalue weighted by Crippen LogP contribution is 2.27. The molecule has 1 heterocycles. The first-order chi connectivity index (χ1) is 6.73. The van der Waals surface area contributed by atoms with Crippen molar-refractivity contribution in [3.8, 4) is 0 Å². The maximum atomic E-state index is 6.00. The smallest absolute Gasteiger partial charge is 0.217 e. The molecule has 0 bridgehead atoms. The molecule has 0 aromatic carbocycles.